The second-order valence-corrected chi connectivity index (χ2v) is 9.21. The summed E-state index contributed by atoms with van der Waals surface area (Å²) < 4.78 is 35.9. The monoisotopic (exact) mass is 426 g/mol. The van der Waals surface area contributed by atoms with Crippen LogP contribution in [0.3, 0.4) is 0 Å². The molecule has 2 aromatic carbocycles. The minimum Gasteiger partial charge on any atom is -0.481 e. The lowest BCUT2D eigenvalue weighted by Gasteiger charge is -2.12. The standard InChI is InChI=1S/C26H28F2OS/c1-3-5-18-8-11-20(16-18)29-24-15-14-23(30-24)22-13-12-21(25(27)26(22)28)19-9-6-17(4-2)7-10-19/h6-7,9-10,12-15,18,20H,3-5,8,11,16H2,1-2H3. The maximum atomic E-state index is 14.9. The Kier molecular flexibility index (Phi) is 6.52. The van der Waals surface area contributed by atoms with Crippen LogP contribution in [0.25, 0.3) is 21.6 Å². The number of rotatable bonds is 7. The lowest BCUT2D eigenvalue weighted by molar-refractivity contribution is 0.210. The predicted octanol–water partition coefficient (Wildman–Crippen LogP) is 8.27. The van der Waals surface area contributed by atoms with Gasteiger partial charge in [-0.05, 0) is 60.9 Å². The molecule has 4 heteroatoms. The van der Waals surface area contributed by atoms with Gasteiger partial charge in [0.05, 0.1) is 6.10 Å². The fourth-order valence-corrected chi connectivity index (χ4v) is 5.32. The van der Waals surface area contributed by atoms with Crippen LogP contribution in [0, 0.1) is 17.6 Å². The van der Waals surface area contributed by atoms with E-state index in [1.165, 1.54) is 36.2 Å². The number of benzene rings is 2. The van der Waals surface area contributed by atoms with E-state index >= 15 is 0 Å². The smallest absolute Gasteiger partial charge is 0.174 e. The molecule has 30 heavy (non-hydrogen) atoms. The van der Waals surface area contributed by atoms with E-state index < -0.39 is 11.6 Å². The van der Waals surface area contributed by atoms with Crippen LogP contribution >= 0.6 is 11.3 Å². The lowest BCUT2D eigenvalue weighted by atomic mass is 10.0. The Balaban J connectivity index is 1.51. The average molecular weight is 427 g/mol. The number of ether oxygens (including phenoxy) is 1. The van der Waals surface area contributed by atoms with E-state index in [0.29, 0.717) is 16.0 Å². The summed E-state index contributed by atoms with van der Waals surface area (Å²) in [5.74, 6) is -0.847. The van der Waals surface area contributed by atoms with E-state index in [1.807, 2.05) is 36.4 Å². The molecule has 1 heterocycles. The van der Waals surface area contributed by atoms with Crippen molar-refractivity contribution in [3.63, 3.8) is 0 Å². The second-order valence-electron chi connectivity index (χ2n) is 8.17. The van der Waals surface area contributed by atoms with E-state index in [-0.39, 0.29) is 11.7 Å². The predicted molar refractivity (Wildman–Crippen MR) is 121 cm³/mol. The van der Waals surface area contributed by atoms with Gasteiger partial charge >= 0.3 is 0 Å². The van der Waals surface area contributed by atoms with Gasteiger partial charge in [0.15, 0.2) is 16.7 Å². The van der Waals surface area contributed by atoms with Gasteiger partial charge in [0, 0.05) is 16.0 Å². The van der Waals surface area contributed by atoms with Gasteiger partial charge in [-0.1, -0.05) is 68.4 Å². The van der Waals surface area contributed by atoms with Gasteiger partial charge < -0.3 is 4.74 Å². The van der Waals surface area contributed by atoms with Crippen LogP contribution in [0.15, 0.2) is 48.5 Å². The Morgan fingerprint density at radius 2 is 1.63 bits per heavy atom. The molecule has 158 valence electrons. The molecule has 0 amide bonds. The fraction of sp³-hybridized carbons (Fsp3) is 0.385. The molecule has 1 fully saturated rings. The largest absolute Gasteiger partial charge is 0.481 e. The molecule has 0 saturated heterocycles. The molecular formula is C26H28F2OS. The van der Waals surface area contributed by atoms with Gasteiger partial charge in [0.1, 0.15) is 0 Å². The van der Waals surface area contributed by atoms with Crippen molar-refractivity contribution < 1.29 is 13.5 Å². The Hall–Kier alpha value is -2.20. The number of hydrogen-bond donors (Lipinski definition) is 0. The van der Waals surface area contributed by atoms with Crippen molar-refractivity contribution in [3.8, 4) is 26.6 Å². The number of halogens is 2. The van der Waals surface area contributed by atoms with E-state index in [4.69, 9.17) is 4.74 Å². The van der Waals surface area contributed by atoms with Crippen LogP contribution in [-0.2, 0) is 6.42 Å². The molecule has 3 aromatic rings. The minimum absolute atomic E-state index is 0.239. The molecule has 2 unspecified atom stereocenters. The molecule has 0 radical (unpaired) electrons. The van der Waals surface area contributed by atoms with Gasteiger partial charge in [-0.25, -0.2) is 8.78 Å². The van der Waals surface area contributed by atoms with Crippen molar-refractivity contribution in [1.29, 1.82) is 0 Å². The molecule has 0 bridgehead atoms. The number of hydrogen-bond acceptors (Lipinski definition) is 2. The maximum Gasteiger partial charge on any atom is 0.174 e. The third-order valence-electron chi connectivity index (χ3n) is 6.08. The van der Waals surface area contributed by atoms with E-state index in [2.05, 4.69) is 13.8 Å². The van der Waals surface area contributed by atoms with Crippen molar-refractivity contribution in [2.45, 2.75) is 58.5 Å². The zero-order valence-corrected chi connectivity index (χ0v) is 18.4. The van der Waals surface area contributed by atoms with Crippen molar-refractivity contribution >= 4 is 11.3 Å². The summed E-state index contributed by atoms with van der Waals surface area (Å²) in [7, 11) is 0. The summed E-state index contributed by atoms with van der Waals surface area (Å²) in [5, 5.41) is 0.784. The van der Waals surface area contributed by atoms with Crippen molar-refractivity contribution in [2.75, 3.05) is 0 Å². The summed E-state index contributed by atoms with van der Waals surface area (Å²) in [6.45, 7) is 4.29. The molecule has 1 nitrogen and oxygen atoms in total. The zero-order valence-electron chi connectivity index (χ0n) is 17.6. The molecule has 1 aromatic heterocycles. The molecule has 1 aliphatic rings. The summed E-state index contributed by atoms with van der Waals surface area (Å²) in [6, 6.07) is 14.6. The van der Waals surface area contributed by atoms with Crippen LogP contribution in [0.1, 0.15) is 51.5 Å². The van der Waals surface area contributed by atoms with Crippen LogP contribution in [-0.4, -0.2) is 6.10 Å². The van der Waals surface area contributed by atoms with Gasteiger partial charge in [-0.3, -0.25) is 0 Å². The first-order valence-corrected chi connectivity index (χ1v) is 11.7. The fourth-order valence-electron chi connectivity index (χ4n) is 4.38. The quantitative estimate of drug-likeness (QED) is 0.369. The van der Waals surface area contributed by atoms with Crippen LogP contribution < -0.4 is 4.74 Å². The molecule has 0 spiro atoms. The third-order valence-corrected chi connectivity index (χ3v) is 7.08. The van der Waals surface area contributed by atoms with Crippen LogP contribution in [0.4, 0.5) is 8.78 Å². The Morgan fingerprint density at radius 1 is 0.900 bits per heavy atom. The highest BCUT2D eigenvalue weighted by atomic mass is 32.1. The summed E-state index contributed by atoms with van der Waals surface area (Å²) in [4.78, 5) is 0.692. The molecule has 1 aliphatic carbocycles. The van der Waals surface area contributed by atoms with Crippen LogP contribution in [0.2, 0.25) is 0 Å². The molecule has 1 saturated carbocycles. The maximum absolute atomic E-state index is 14.9. The Labute approximate surface area is 181 Å². The molecular weight excluding hydrogens is 398 g/mol. The molecule has 0 aliphatic heterocycles. The highest BCUT2D eigenvalue weighted by Gasteiger charge is 2.26. The van der Waals surface area contributed by atoms with E-state index in [1.54, 1.807) is 12.1 Å². The minimum atomic E-state index is -0.802. The first kappa shape index (κ1) is 21.0. The number of thiophene rings is 1. The lowest BCUT2D eigenvalue weighted by Crippen LogP contribution is -2.11. The zero-order chi connectivity index (χ0) is 21.1. The van der Waals surface area contributed by atoms with Crippen molar-refractivity contribution in [3.05, 3.63) is 65.7 Å². The SMILES string of the molecule is CCCC1CCC(Oc2ccc(-c3ccc(-c4ccc(CC)cc4)c(F)c3F)s2)C1. The highest BCUT2D eigenvalue weighted by Crippen LogP contribution is 2.39. The average Bonchev–Trinajstić information content (AvgIpc) is 3.40. The van der Waals surface area contributed by atoms with Crippen LogP contribution in [0.5, 0.6) is 5.06 Å². The Bertz CT molecular complexity index is 993. The van der Waals surface area contributed by atoms with Gasteiger partial charge in [0.2, 0.25) is 0 Å². The van der Waals surface area contributed by atoms with E-state index in [9.17, 15) is 8.78 Å². The first-order valence-electron chi connectivity index (χ1n) is 10.9. The van der Waals surface area contributed by atoms with Gasteiger partial charge in [0.25, 0.3) is 0 Å². The van der Waals surface area contributed by atoms with Gasteiger partial charge in [-0.2, -0.15) is 0 Å². The topological polar surface area (TPSA) is 9.23 Å². The first-order chi connectivity index (χ1) is 14.6. The molecule has 2 atom stereocenters. The summed E-state index contributed by atoms with van der Waals surface area (Å²) in [5.41, 5.74) is 2.44. The highest BCUT2D eigenvalue weighted by molar-refractivity contribution is 7.17. The van der Waals surface area contributed by atoms with Crippen molar-refractivity contribution in [2.24, 2.45) is 5.92 Å². The summed E-state index contributed by atoms with van der Waals surface area (Å²) in [6.07, 6.45) is 7.01. The Morgan fingerprint density at radius 3 is 2.37 bits per heavy atom. The second kappa shape index (κ2) is 9.30. The van der Waals surface area contributed by atoms with Gasteiger partial charge in [-0.15, -0.1) is 0 Å². The summed E-state index contributed by atoms with van der Waals surface area (Å²) >= 11 is 1.39. The third kappa shape index (κ3) is 4.44. The van der Waals surface area contributed by atoms with E-state index in [0.717, 1.165) is 30.2 Å². The number of aryl methyl sites for hydroxylation is 1. The normalized spacial score (nSPS) is 18.7. The van der Waals surface area contributed by atoms with Crippen molar-refractivity contribution in [1.82, 2.24) is 0 Å². The molecule has 0 N–H and O–H groups in total. The molecule has 4 rings (SSSR count).